The molecule has 2 saturated carbocycles. The van der Waals surface area contributed by atoms with Gasteiger partial charge in [-0.2, -0.15) is 0 Å². The molecule has 0 bridgehead atoms. The van der Waals surface area contributed by atoms with Crippen LogP contribution in [0.4, 0.5) is 0 Å². The molecule has 2 aliphatic rings. The van der Waals surface area contributed by atoms with Crippen LogP contribution in [0.25, 0.3) is 0 Å². The molecule has 0 heterocycles. The molecule has 2 N–H and O–H groups in total. The number of nitrogens with one attached hydrogen (secondary N) is 1. The average molecular weight is 240 g/mol. The molecule has 3 nitrogen and oxygen atoms in total. The Bertz CT molecular complexity index is 210. The van der Waals surface area contributed by atoms with E-state index in [1.165, 1.54) is 44.9 Å². The zero-order valence-corrected chi connectivity index (χ0v) is 11.2. The molecule has 0 aromatic carbocycles. The maximum Gasteiger partial charge on any atom is 0.0558 e. The maximum absolute atomic E-state index is 9.22. The van der Waals surface area contributed by atoms with Crippen LogP contribution in [0, 0.1) is 0 Å². The summed E-state index contributed by atoms with van der Waals surface area (Å²) in [6.07, 6.45) is 9.35. The van der Waals surface area contributed by atoms with Gasteiger partial charge in [0.15, 0.2) is 0 Å². The van der Waals surface area contributed by atoms with E-state index >= 15 is 0 Å². The minimum atomic E-state index is 0.323. The molecule has 2 aliphatic carbocycles. The van der Waals surface area contributed by atoms with Crippen molar-refractivity contribution in [2.75, 3.05) is 19.7 Å². The highest BCUT2D eigenvalue weighted by Crippen LogP contribution is 2.31. The summed E-state index contributed by atoms with van der Waals surface area (Å²) >= 11 is 0. The second-order valence-electron chi connectivity index (χ2n) is 5.61. The third kappa shape index (κ3) is 3.43. The van der Waals surface area contributed by atoms with E-state index in [1.54, 1.807) is 0 Å². The van der Waals surface area contributed by atoms with Gasteiger partial charge in [0.1, 0.15) is 0 Å². The van der Waals surface area contributed by atoms with Crippen molar-refractivity contribution in [2.45, 2.75) is 70.0 Å². The van der Waals surface area contributed by atoms with Gasteiger partial charge in [0, 0.05) is 24.7 Å². The molecule has 0 radical (unpaired) electrons. The van der Waals surface area contributed by atoms with E-state index in [-0.39, 0.29) is 0 Å². The third-order valence-electron chi connectivity index (χ3n) is 4.56. The number of aliphatic hydroxyl groups is 1. The standard InChI is InChI=1S/C14H28N2O/c1-2-15-12-6-8-14(9-7-12)16(10-11-17)13-4-3-5-13/h12-15,17H,2-11H2,1H3. The van der Waals surface area contributed by atoms with E-state index in [2.05, 4.69) is 17.1 Å². The highest BCUT2D eigenvalue weighted by atomic mass is 16.3. The highest BCUT2D eigenvalue weighted by Gasteiger charge is 2.32. The molecule has 17 heavy (non-hydrogen) atoms. The van der Waals surface area contributed by atoms with Gasteiger partial charge in [-0.1, -0.05) is 13.3 Å². The summed E-state index contributed by atoms with van der Waals surface area (Å²) in [5.74, 6) is 0. The lowest BCUT2D eigenvalue weighted by Gasteiger charge is -2.45. The number of hydrogen-bond acceptors (Lipinski definition) is 3. The Labute approximate surface area is 106 Å². The fraction of sp³-hybridized carbons (Fsp3) is 1.00. The van der Waals surface area contributed by atoms with E-state index < -0.39 is 0 Å². The zero-order valence-electron chi connectivity index (χ0n) is 11.2. The predicted molar refractivity (Wildman–Crippen MR) is 71.2 cm³/mol. The van der Waals surface area contributed by atoms with Crippen LogP contribution in [0.3, 0.4) is 0 Å². The van der Waals surface area contributed by atoms with E-state index in [0.29, 0.717) is 6.61 Å². The van der Waals surface area contributed by atoms with Gasteiger partial charge in [-0.15, -0.1) is 0 Å². The van der Waals surface area contributed by atoms with Crippen molar-refractivity contribution < 1.29 is 5.11 Å². The van der Waals surface area contributed by atoms with Crippen molar-refractivity contribution in [3.05, 3.63) is 0 Å². The Hall–Kier alpha value is -0.120. The zero-order chi connectivity index (χ0) is 12.1. The minimum absolute atomic E-state index is 0.323. The lowest BCUT2D eigenvalue weighted by Crippen LogP contribution is -2.50. The first kappa shape index (κ1) is 13.3. The van der Waals surface area contributed by atoms with Gasteiger partial charge in [0.2, 0.25) is 0 Å². The summed E-state index contributed by atoms with van der Waals surface area (Å²) in [4.78, 5) is 2.60. The quantitative estimate of drug-likeness (QED) is 0.742. The predicted octanol–water partition coefficient (Wildman–Crippen LogP) is 1.75. The molecule has 0 atom stereocenters. The smallest absolute Gasteiger partial charge is 0.0558 e. The van der Waals surface area contributed by atoms with Crippen LogP contribution in [-0.2, 0) is 0 Å². The van der Waals surface area contributed by atoms with Crippen LogP contribution in [-0.4, -0.2) is 47.8 Å². The lowest BCUT2D eigenvalue weighted by atomic mass is 9.85. The SMILES string of the molecule is CCNC1CCC(N(CCO)C2CCC2)CC1. The average Bonchev–Trinajstić information content (AvgIpc) is 2.28. The van der Waals surface area contributed by atoms with Gasteiger partial charge in [0.05, 0.1) is 6.61 Å². The number of nitrogens with zero attached hydrogens (tertiary/aromatic N) is 1. The van der Waals surface area contributed by atoms with Gasteiger partial charge < -0.3 is 10.4 Å². The summed E-state index contributed by atoms with van der Waals surface area (Å²) in [6.45, 7) is 4.50. The summed E-state index contributed by atoms with van der Waals surface area (Å²) in [6, 6.07) is 2.26. The first-order valence-electron chi connectivity index (χ1n) is 7.45. The number of hydrogen-bond donors (Lipinski definition) is 2. The Balaban J connectivity index is 1.79. The van der Waals surface area contributed by atoms with Gasteiger partial charge in [-0.3, -0.25) is 4.90 Å². The van der Waals surface area contributed by atoms with Crippen molar-refractivity contribution in [1.29, 1.82) is 0 Å². The molecule has 2 rings (SSSR count). The van der Waals surface area contributed by atoms with Gasteiger partial charge >= 0.3 is 0 Å². The van der Waals surface area contributed by atoms with Crippen LogP contribution >= 0.6 is 0 Å². The van der Waals surface area contributed by atoms with Gasteiger partial charge in [-0.05, 0) is 45.1 Å². The summed E-state index contributed by atoms with van der Waals surface area (Å²) in [7, 11) is 0. The van der Waals surface area contributed by atoms with Crippen LogP contribution < -0.4 is 5.32 Å². The fourth-order valence-corrected chi connectivity index (χ4v) is 3.40. The molecule has 3 heteroatoms. The van der Waals surface area contributed by atoms with Crippen LogP contribution in [0.15, 0.2) is 0 Å². The van der Waals surface area contributed by atoms with Crippen molar-refractivity contribution in [3.63, 3.8) is 0 Å². The first-order valence-corrected chi connectivity index (χ1v) is 7.45. The Morgan fingerprint density at radius 1 is 1.06 bits per heavy atom. The van der Waals surface area contributed by atoms with E-state index in [9.17, 15) is 5.11 Å². The maximum atomic E-state index is 9.22. The molecule has 0 aliphatic heterocycles. The van der Waals surface area contributed by atoms with Crippen molar-refractivity contribution in [2.24, 2.45) is 0 Å². The molecule has 2 fully saturated rings. The second-order valence-corrected chi connectivity index (χ2v) is 5.61. The summed E-state index contributed by atoms with van der Waals surface area (Å²) in [5.41, 5.74) is 0. The number of aliphatic hydroxyl groups excluding tert-OH is 1. The molecule has 0 amide bonds. The molecular formula is C14H28N2O. The Morgan fingerprint density at radius 3 is 2.18 bits per heavy atom. The molecule has 0 unspecified atom stereocenters. The normalized spacial score (nSPS) is 30.5. The minimum Gasteiger partial charge on any atom is -0.395 e. The lowest BCUT2D eigenvalue weighted by molar-refractivity contribution is 0.0397. The highest BCUT2D eigenvalue weighted by molar-refractivity contribution is 4.88. The number of rotatable bonds is 6. The van der Waals surface area contributed by atoms with Crippen molar-refractivity contribution in [3.8, 4) is 0 Å². The molecule has 0 aromatic heterocycles. The monoisotopic (exact) mass is 240 g/mol. The summed E-state index contributed by atoms with van der Waals surface area (Å²) < 4.78 is 0. The largest absolute Gasteiger partial charge is 0.395 e. The fourth-order valence-electron chi connectivity index (χ4n) is 3.40. The Kier molecular flexibility index (Phi) is 5.26. The van der Waals surface area contributed by atoms with Crippen LogP contribution in [0.5, 0.6) is 0 Å². The van der Waals surface area contributed by atoms with E-state index in [1.807, 2.05) is 0 Å². The molecule has 0 saturated heterocycles. The molecular weight excluding hydrogens is 212 g/mol. The van der Waals surface area contributed by atoms with Crippen LogP contribution in [0.1, 0.15) is 51.9 Å². The molecule has 0 spiro atoms. The third-order valence-corrected chi connectivity index (χ3v) is 4.56. The topological polar surface area (TPSA) is 35.5 Å². The molecule has 100 valence electrons. The summed E-state index contributed by atoms with van der Waals surface area (Å²) in [5, 5.41) is 12.8. The van der Waals surface area contributed by atoms with Crippen LogP contribution in [0.2, 0.25) is 0 Å². The Morgan fingerprint density at radius 2 is 1.71 bits per heavy atom. The van der Waals surface area contributed by atoms with Crippen molar-refractivity contribution in [1.82, 2.24) is 10.2 Å². The second kappa shape index (κ2) is 6.72. The van der Waals surface area contributed by atoms with Gasteiger partial charge in [-0.25, -0.2) is 0 Å². The van der Waals surface area contributed by atoms with E-state index in [0.717, 1.165) is 31.2 Å². The van der Waals surface area contributed by atoms with Crippen molar-refractivity contribution >= 4 is 0 Å². The first-order chi connectivity index (χ1) is 8.35. The van der Waals surface area contributed by atoms with E-state index in [4.69, 9.17) is 0 Å². The van der Waals surface area contributed by atoms with Gasteiger partial charge in [0.25, 0.3) is 0 Å². The molecule has 0 aromatic rings.